The lowest BCUT2D eigenvalue weighted by molar-refractivity contribution is 0.0231. The number of carbonyl (C=O) groups is 1. The summed E-state index contributed by atoms with van der Waals surface area (Å²) >= 11 is 0. The molecule has 1 aromatic heterocycles. The standard InChI is InChI=1S/C25H33N5O4/c1-17-2-6-19(7-3-17)27-24-26-14-22(23(28-24)34-21-15-30(16-21)25(31)32)18-4-8-20(9-5-18)29-10-12-33-13-11-29/h4-5,8-9,14,17,19,21H,2-3,6-7,10-13,15-16H2,1H3,(H,31,32)(H,26,27,28)/t17-,19-. The summed E-state index contributed by atoms with van der Waals surface area (Å²) in [6.07, 6.45) is 5.33. The highest BCUT2D eigenvalue weighted by Gasteiger charge is 2.33. The average molecular weight is 468 g/mol. The Morgan fingerprint density at radius 1 is 1.12 bits per heavy atom. The second-order valence-electron chi connectivity index (χ2n) is 9.59. The lowest BCUT2D eigenvalue weighted by atomic mass is 9.87. The van der Waals surface area contributed by atoms with Gasteiger partial charge in [-0.1, -0.05) is 19.1 Å². The summed E-state index contributed by atoms with van der Waals surface area (Å²) in [5.41, 5.74) is 2.95. The van der Waals surface area contributed by atoms with Crippen molar-refractivity contribution >= 4 is 17.7 Å². The zero-order chi connectivity index (χ0) is 23.5. The molecule has 0 spiro atoms. The summed E-state index contributed by atoms with van der Waals surface area (Å²) in [6, 6.07) is 8.71. The van der Waals surface area contributed by atoms with Crippen LogP contribution in [0.2, 0.25) is 0 Å². The van der Waals surface area contributed by atoms with Crippen LogP contribution in [0, 0.1) is 5.92 Å². The number of ether oxygens (including phenoxy) is 2. The topological polar surface area (TPSA) is 100 Å². The van der Waals surface area contributed by atoms with E-state index in [-0.39, 0.29) is 6.10 Å². The Morgan fingerprint density at radius 3 is 2.50 bits per heavy atom. The highest BCUT2D eigenvalue weighted by Crippen LogP contribution is 2.33. The van der Waals surface area contributed by atoms with Gasteiger partial charge in [-0.25, -0.2) is 9.78 Å². The summed E-state index contributed by atoms with van der Waals surface area (Å²) in [5.74, 6) is 1.84. The third kappa shape index (κ3) is 5.19. The SMILES string of the molecule is C[C@H]1CC[C@H](Nc2ncc(-c3ccc(N4CCOCC4)cc3)c(OC3CN(C(=O)O)C3)n2)CC1. The number of hydrogen-bond donors (Lipinski definition) is 2. The van der Waals surface area contributed by atoms with Gasteiger partial charge in [-0.3, -0.25) is 0 Å². The molecule has 2 aliphatic heterocycles. The molecular weight excluding hydrogens is 434 g/mol. The molecule has 2 aromatic rings. The van der Waals surface area contributed by atoms with Gasteiger partial charge in [0, 0.05) is 31.0 Å². The van der Waals surface area contributed by atoms with Crippen LogP contribution < -0.4 is 15.0 Å². The normalized spacial score (nSPS) is 23.3. The molecule has 9 heteroatoms. The number of anilines is 2. The van der Waals surface area contributed by atoms with Crippen molar-refractivity contribution in [2.24, 2.45) is 5.92 Å². The van der Waals surface area contributed by atoms with Crippen LogP contribution >= 0.6 is 0 Å². The molecule has 2 saturated heterocycles. The Morgan fingerprint density at radius 2 is 1.82 bits per heavy atom. The minimum absolute atomic E-state index is 0.208. The molecule has 2 N–H and O–H groups in total. The maximum atomic E-state index is 11.2. The highest BCUT2D eigenvalue weighted by atomic mass is 16.5. The van der Waals surface area contributed by atoms with Gasteiger partial charge >= 0.3 is 6.09 Å². The van der Waals surface area contributed by atoms with Crippen molar-refractivity contribution in [3.63, 3.8) is 0 Å². The second kappa shape index (κ2) is 10.0. The Kier molecular flexibility index (Phi) is 6.71. The van der Waals surface area contributed by atoms with Crippen molar-refractivity contribution in [1.29, 1.82) is 0 Å². The Hall–Kier alpha value is -3.07. The zero-order valence-corrected chi connectivity index (χ0v) is 19.7. The molecule has 9 nitrogen and oxygen atoms in total. The van der Waals surface area contributed by atoms with Crippen LogP contribution in [0.1, 0.15) is 32.6 Å². The first kappa shape index (κ1) is 22.7. The van der Waals surface area contributed by atoms with E-state index in [9.17, 15) is 4.79 Å². The van der Waals surface area contributed by atoms with Gasteiger partial charge in [-0.15, -0.1) is 0 Å². The molecule has 34 heavy (non-hydrogen) atoms. The van der Waals surface area contributed by atoms with E-state index >= 15 is 0 Å². The van der Waals surface area contributed by atoms with Gasteiger partial charge in [0.1, 0.15) is 6.10 Å². The molecule has 1 aromatic carbocycles. The first-order valence-corrected chi connectivity index (χ1v) is 12.3. The minimum atomic E-state index is -0.921. The predicted octanol–water partition coefficient (Wildman–Crippen LogP) is 3.71. The van der Waals surface area contributed by atoms with Crippen LogP contribution in [0.15, 0.2) is 30.5 Å². The van der Waals surface area contributed by atoms with Crippen molar-refractivity contribution in [3.8, 4) is 17.0 Å². The van der Waals surface area contributed by atoms with Crippen LogP contribution in [-0.4, -0.2) is 77.6 Å². The summed E-state index contributed by atoms with van der Waals surface area (Å²) < 4.78 is 11.6. The van der Waals surface area contributed by atoms with Crippen molar-refractivity contribution < 1.29 is 19.4 Å². The van der Waals surface area contributed by atoms with E-state index in [1.165, 1.54) is 17.7 Å². The number of rotatable bonds is 6. The van der Waals surface area contributed by atoms with Crippen molar-refractivity contribution in [2.45, 2.75) is 44.8 Å². The molecule has 0 bridgehead atoms. The van der Waals surface area contributed by atoms with Gasteiger partial charge in [-0.2, -0.15) is 4.98 Å². The molecule has 0 atom stereocenters. The van der Waals surface area contributed by atoms with E-state index in [1.54, 1.807) is 0 Å². The van der Waals surface area contributed by atoms with Crippen molar-refractivity contribution in [2.75, 3.05) is 49.6 Å². The Labute approximate surface area is 200 Å². The molecule has 0 radical (unpaired) electrons. The molecule has 3 heterocycles. The molecule has 3 aliphatic rings. The Bertz CT molecular complexity index is 981. The van der Waals surface area contributed by atoms with E-state index in [4.69, 9.17) is 19.6 Å². The van der Waals surface area contributed by atoms with Crippen molar-refractivity contribution in [3.05, 3.63) is 30.5 Å². The maximum absolute atomic E-state index is 11.2. The fourth-order valence-electron chi connectivity index (χ4n) is 4.81. The number of nitrogens with one attached hydrogen (secondary N) is 1. The third-order valence-electron chi connectivity index (χ3n) is 7.05. The van der Waals surface area contributed by atoms with Crippen molar-refractivity contribution in [1.82, 2.24) is 14.9 Å². The fraction of sp³-hybridized carbons (Fsp3) is 0.560. The first-order chi connectivity index (χ1) is 16.5. The number of benzene rings is 1. The second-order valence-corrected chi connectivity index (χ2v) is 9.59. The lowest BCUT2D eigenvalue weighted by Gasteiger charge is -2.36. The van der Waals surface area contributed by atoms with Gasteiger partial charge < -0.3 is 29.7 Å². The quantitative estimate of drug-likeness (QED) is 0.663. The predicted molar refractivity (Wildman–Crippen MR) is 130 cm³/mol. The van der Waals surface area contributed by atoms with Crippen LogP contribution in [0.4, 0.5) is 16.4 Å². The summed E-state index contributed by atoms with van der Waals surface area (Å²) in [5, 5.41) is 12.6. The van der Waals surface area contributed by atoms with Gasteiger partial charge in [0.2, 0.25) is 11.8 Å². The largest absolute Gasteiger partial charge is 0.470 e. The maximum Gasteiger partial charge on any atom is 0.407 e. The molecule has 182 valence electrons. The summed E-state index contributed by atoms with van der Waals surface area (Å²) in [7, 11) is 0. The monoisotopic (exact) mass is 467 g/mol. The van der Waals surface area contributed by atoms with Gasteiger partial charge in [0.25, 0.3) is 0 Å². The molecule has 5 rings (SSSR count). The lowest BCUT2D eigenvalue weighted by Crippen LogP contribution is -2.55. The van der Waals surface area contributed by atoms with Crippen LogP contribution in [0.3, 0.4) is 0 Å². The minimum Gasteiger partial charge on any atom is -0.470 e. The molecule has 1 saturated carbocycles. The van der Waals surface area contributed by atoms with E-state index in [1.807, 2.05) is 6.20 Å². The summed E-state index contributed by atoms with van der Waals surface area (Å²) in [6.45, 7) is 6.26. The molecule has 3 fully saturated rings. The van der Waals surface area contributed by atoms with Gasteiger partial charge in [-0.05, 0) is 49.3 Å². The number of amides is 1. The zero-order valence-electron chi connectivity index (χ0n) is 19.7. The van der Waals surface area contributed by atoms with E-state index in [0.29, 0.717) is 31.0 Å². The van der Waals surface area contributed by atoms with Crippen LogP contribution in [0.5, 0.6) is 5.88 Å². The summed E-state index contributed by atoms with van der Waals surface area (Å²) in [4.78, 5) is 24.1. The first-order valence-electron chi connectivity index (χ1n) is 12.3. The number of aromatic nitrogens is 2. The number of morpholine rings is 1. The highest BCUT2D eigenvalue weighted by molar-refractivity contribution is 5.71. The van der Waals surface area contributed by atoms with E-state index < -0.39 is 6.09 Å². The Balaban J connectivity index is 1.35. The van der Waals surface area contributed by atoms with Crippen LogP contribution in [0.25, 0.3) is 11.1 Å². The van der Waals surface area contributed by atoms with E-state index in [0.717, 1.165) is 61.9 Å². The molecule has 1 aliphatic carbocycles. The number of hydrogen-bond acceptors (Lipinski definition) is 7. The third-order valence-corrected chi connectivity index (χ3v) is 7.05. The van der Waals surface area contributed by atoms with Crippen LogP contribution in [-0.2, 0) is 4.74 Å². The molecular formula is C25H33N5O4. The molecule has 0 unspecified atom stereocenters. The average Bonchev–Trinajstić information content (AvgIpc) is 2.83. The van der Waals surface area contributed by atoms with Gasteiger partial charge in [0.15, 0.2) is 0 Å². The van der Waals surface area contributed by atoms with E-state index in [2.05, 4.69) is 46.4 Å². The smallest absolute Gasteiger partial charge is 0.407 e. The number of likely N-dealkylation sites (tertiary alicyclic amines) is 1. The van der Waals surface area contributed by atoms with Gasteiger partial charge in [0.05, 0.1) is 31.9 Å². The fourth-order valence-corrected chi connectivity index (χ4v) is 4.81. The molecule has 1 amide bonds. The number of carboxylic acid groups (broad SMARTS) is 1. The number of nitrogens with zero attached hydrogens (tertiary/aromatic N) is 4.